The van der Waals surface area contributed by atoms with Crippen LogP contribution in [0.3, 0.4) is 0 Å². The van der Waals surface area contributed by atoms with E-state index in [0.29, 0.717) is 5.92 Å². The van der Waals surface area contributed by atoms with E-state index in [9.17, 15) is 0 Å². The highest BCUT2D eigenvalue weighted by molar-refractivity contribution is 5.18. The molecule has 0 aromatic heterocycles. The first-order valence-corrected chi connectivity index (χ1v) is 6.88. The second-order valence-corrected chi connectivity index (χ2v) is 5.81. The van der Waals surface area contributed by atoms with Gasteiger partial charge in [0.25, 0.3) is 0 Å². The first-order valence-electron chi connectivity index (χ1n) is 6.88. The summed E-state index contributed by atoms with van der Waals surface area (Å²) >= 11 is 0. The number of hydrogen-bond acceptors (Lipinski definition) is 2. The molecule has 0 bridgehead atoms. The molecule has 0 saturated heterocycles. The van der Waals surface area contributed by atoms with Crippen LogP contribution in [0.15, 0.2) is 30.3 Å². The third-order valence-electron chi connectivity index (χ3n) is 2.94. The van der Waals surface area contributed by atoms with Gasteiger partial charge < -0.3 is 10.1 Å². The summed E-state index contributed by atoms with van der Waals surface area (Å²) < 4.78 is 5.66. The largest absolute Gasteiger partial charge is 0.375 e. The van der Waals surface area contributed by atoms with E-state index in [0.717, 1.165) is 19.7 Å². The van der Waals surface area contributed by atoms with Gasteiger partial charge in [-0.15, -0.1) is 0 Å². The van der Waals surface area contributed by atoms with Crippen LogP contribution in [0.25, 0.3) is 0 Å². The molecule has 0 saturated carbocycles. The average Bonchev–Trinajstić information content (AvgIpc) is 2.33. The molecular weight excluding hydrogens is 222 g/mol. The molecule has 2 heteroatoms. The van der Waals surface area contributed by atoms with E-state index in [1.807, 2.05) is 0 Å². The molecule has 0 radical (unpaired) electrons. The average molecular weight is 249 g/mol. The van der Waals surface area contributed by atoms with E-state index in [1.165, 1.54) is 12.0 Å². The van der Waals surface area contributed by atoms with Crippen molar-refractivity contribution in [3.63, 3.8) is 0 Å². The molecule has 0 aliphatic heterocycles. The van der Waals surface area contributed by atoms with Crippen LogP contribution in [0, 0.1) is 0 Å². The molecule has 18 heavy (non-hydrogen) atoms. The fourth-order valence-electron chi connectivity index (χ4n) is 1.82. The first kappa shape index (κ1) is 15.2. The van der Waals surface area contributed by atoms with Crippen LogP contribution in [0.1, 0.15) is 45.6 Å². The van der Waals surface area contributed by atoms with E-state index in [2.05, 4.69) is 63.3 Å². The number of ether oxygens (including phenoxy) is 1. The third kappa shape index (κ3) is 6.77. The van der Waals surface area contributed by atoms with Gasteiger partial charge in [-0.2, -0.15) is 0 Å². The van der Waals surface area contributed by atoms with Crippen LogP contribution in [0.5, 0.6) is 0 Å². The fraction of sp³-hybridized carbons (Fsp3) is 0.625. The van der Waals surface area contributed by atoms with Gasteiger partial charge in [0.05, 0.1) is 12.2 Å². The van der Waals surface area contributed by atoms with Crippen molar-refractivity contribution < 1.29 is 4.74 Å². The van der Waals surface area contributed by atoms with E-state index < -0.39 is 0 Å². The van der Waals surface area contributed by atoms with Gasteiger partial charge in [-0.25, -0.2) is 0 Å². The van der Waals surface area contributed by atoms with Crippen molar-refractivity contribution >= 4 is 0 Å². The molecule has 1 rings (SSSR count). The Hall–Kier alpha value is -0.860. The molecular formula is C16H27NO. The van der Waals surface area contributed by atoms with Crippen LogP contribution in [-0.2, 0) is 4.74 Å². The molecule has 0 spiro atoms. The quantitative estimate of drug-likeness (QED) is 0.746. The van der Waals surface area contributed by atoms with Crippen molar-refractivity contribution in [2.75, 3.05) is 19.7 Å². The van der Waals surface area contributed by atoms with Gasteiger partial charge in [0.2, 0.25) is 0 Å². The van der Waals surface area contributed by atoms with Crippen molar-refractivity contribution in [2.45, 2.75) is 45.6 Å². The van der Waals surface area contributed by atoms with E-state index in [1.54, 1.807) is 0 Å². The second-order valence-electron chi connectivity index (χ2n) is 5.81. The Labute approximate surface area is 112 Å². The summed E-state index contributed by atoms with van der Waals surface area (Å²) in [6.45, 7) is 11.3. The fourth-order valence-corrected chi connectivity index (χ4v) is 1.82. The topological polar surface area (TPSA) is 21.3 Å². The maximum absolute atomic E-state index is 5.66. The lowest BCUT2D eigenvalue weighted by atomic mass is 9.98. The highest BCUT2D eigenvalue weighted by atomic mass is 16.5. The molecule has 0 amide bonds. The number of benzene rings is 1. The molecule has 1 N–H and O–H groups in total. The molecule has 2 nitrogen and oxygen atoms in total. The summed E-state index contributed by atoms with van der Waals surface area (Å²) in [6.07, 6.45) is 1.17. The predicted octanol–water partition coefficient (Wildman–Crippen LogP) is 3.58. The summed E-state index contributed by atoms with van der Waals surface area (Å²) in [6, 6.07) is 10.7. The number of nitrogens with one attached hydrogen (secondary N) is 1. The molecule has 1 unspecified atom stereocenters. The molecule has 1 aromatic carbocycles. The molecule has 0 aliphatic carbocycles. The van der Waals surface area contributed by atoms with Crippen molar-refractivity contribution in [1.29, 1.82) is 0 Å². The number of hydrogen-bond donors (Lipinski definition) is 1. The van der Waals surface area contributed by atoms with E-state index in [4.69, 9.17) is 4.74 Å². The van der Waals surface area contributed by atoms with Crippen LogP contribution in [0.4, 0.5) is 0 Å². The first-order chi connectivity index (χ1) is 8.49. The zero-order valence-corrected chi connectivity index (χ0v) is 12.2. The van der Waals surface area contributed by atoms with Crippen LogP contribution >= 0.6 is 0 Å². The van der Waals surface area contributed by atoms with Crippen molar-refractivity contribution in [3.8, 4) is 0 Å². The summed E-state index contributed by atoms with van der Waals surface area (Å²) in [7, 11) is 0. The number of rotatable bonds is 7. The molecule has 102 valence electrons. The third-order valence-corrected chi connectivity index (χ3v) is 2.94. The standard InChI is InChI=1S/C16H27NO/c1-14(15-8-6-5-7-9-15)10-11-17-12-13-18-16(2,3)4/h5-9,14,17H,10-13H2,1-4H3. The normalized spacial score (nSPS) is 13.6. The zero-order valence-electron chi connectivity index (χ0n) is 12.2. The minimum Gasteiger partial charge on any atom is -0.375 e. The highest BCUT2D eigenvalue weighted by Gasteiger charge is 2.09. The SMILES string of the molecule is CC(CCNCCOC(C)(C)C)c1ccccc1. The van der Waals surface area contributed by atoms with Crippen molar-refractivity contribution in [1.82, 2.24) is 5.32 Å². The Morgan fingerprint density at radius 2 is 1.78 bits per heavy atom. The van der Waals surface area contributed by atoms with E-state index >= 15 is 0 Å². The van der Waals surface area contributed by atoms with Gasteiger partial charge in [0.15, 0.2) is 0 Å². The Bertz CT molecular complexity index is 316. The minimum absolute atomic E-state index is 0.0288. The van der Waals surface area contributed by atoms with Gasteiger partial charge in [-0.05, 0) is 45.2 Å². The van der Waals surface area contributed by atoms with Gasteiger partial charge in [0.1, 0.15) is 0 Å². The van der Waals surface area contributed by atoms with Gasteiger partial charge in [0, 0.05) is 6.54 Å². The Kier molecular flexibility index (Phi) is 6.37. The molecule has 1 aromatic rings. The van der Waals surface area contributed by atoms with Crippen LogP contribution in [0.2, 0.25) is 0 Å². The van der Waals surface area contributed by atoms with Crippen molar-refractivity contribution in [3.05, 3.63) is 35.9 Å². The van der Waals surface area contributed by atoms with Crippen LogP contribution < -0.4 is 5.32 Å². The molecule has 0 heterocycles. The van der Waals surface area contributed by atoms with Crippen LogP contribution in [-0.4, -0.2) is 25.3 Å². The highest BCUT2D eigenvalue weighted by Crippen LogP contribution is 2.17. The van der Waals surface area contributed by atoms with Crippen molar-refractivity contribution in [2.24, 2.45) is 0 Å². The summed E-state index contributed by atoms with van der Waals surface area (Å²) in [5, 5.41) is 3.43. The van der Waals surface area contributed by atoms with Gasteiger partial charge >= 0.3 is 0 Å². The lowest BCUT2D eigenvalue weighted by Gasteiger charge is -2.19. The smallest absolute Gasteiger partial charge is 0.0599 e. The molecule has 0 aliphatic rings. The lowest BCUT2D eigenvalue weighted by Crippen LogP contribution is -2.27. The predicted molar refractivity (Wildman–Crippen MR) is 78.0 cm³/mol. The van der Waals surface area contributed by atoms with E-state index in [-0.39, 0.29) is 5.60 Å². The van der Waals surface area contributed by atoms with Gasteiger partial charge in [-0.1, -0.05) is 37.3 Å². The maximum atomic E-state index is 5.66. The molecule has 0 fully saturated rings. The second kappa shape index (κ2) is 7.55. The zero-order chi connectivity index (χ0) is 13.4. The Morgan fingerprint density at radius 3 is 2.39 bits per heavy atom. The molecule has 1 atom stereocenters. The monoisotopic (exact) mass is 249 g/mol. The Balaban J connectivity index is 2.08. The summed E-state index contributed by atoms with van der Waals surface area (Å²) in [5.41, 5.74) is 1.39. The lowest BCUT2D eigenvalue weighted by molar-refractivity contribution is -0.000774. The Morgan fingerprint density at radius 1 is 1.11 bits per heavy atom. The maximum Gasteiger partial charge on any atom is 0.0599 e. The summed E-state index contributed by atoms with van der Waals surface area (Å²) in [4.78, 5) is 0. The van der Waals surface area contributed by atoms with Gasteiger partial charge in [-0.3, -0.25) is 0 Å². The minimum atomic E-state index is -0.0288. The summed E-state index contributed by atoms with van der Waals surface area (Å²) in [5.74, 6) is 0.613.